The molecule has 0 saturated carbocycles. The van der Waals surface area contributed by atoms with Crippen molar-refractivity contribution in [2.45, 2.75) is 25.3 Å². The van der Waals surface area contributed by atoms with E-state index in [1.807, 2.05) is 18.2 Å². The van der Waals surface area contributed by atoms with Gasteiger partial charge in [-0.2, -0.15) is 0 Å². The molecule has 0 aromatic heterocycles. The molecule has 1 fully saturated rings. The molecular formula is C19H24NO2+. The summed E-state index contributed by atoms with van der Waals surface area (Å²) in [6.07, 6.45) is 0.148. The monoisotopic (exact) mass is 298 g/mol. The van der Waals surface area contributed by atoms with Crippen molar-refractivity contribution in [3.05, 3.63) is 65.7 Å². The first-order chi connectivity index (χ1) is 10.5. The highest BCUT2D eigenvalue weighted by Gasteiger charge is 2.49. The zero-order chi connectivity index (χ0) is 15.7. The van der Waals surface area contributed by atoms with Gasteiger partial charge in [-0.1, -0.05) is 30.3 Å². The minimum atomic E-state index is 0.0334. The minimum Gasteiger partial charge on any atom is -0.497 e. The van der Waals surface area contributed by atoms with E-state index >= 15 is 0 Å². The molecule has 0 aliphatic carbocycles. The van der Waals surface area contributed by atoms with E-state index in [4.69, 9.17) is 9.47 Å². The van der Waals surface area contributed by atoms with Gasteiger partial charge in [-0.05, 0) is 36.8 Å². The third-order valence-corrected chi connectivity index (χ3v) is 4.90. The Morgan fingerprint density at radius 3 is 2.14 bits per heavy atom. The summed E-state index contributed by atoms with van der Waals surface area (Å²) in [5.41, 5.74) is 2.44. The van der Waals surface area contributed by atoms with Gasteiger partial charge in [-0.25, -0.2) is 0 Å². The zero-order valence-corrected chi connectivity index (χ0v) is 13.7. The predicted octanol–water partition coefficient (Wildman–Crippen LogP) is 3.93. The molecule has 0 bridgehead atoms. The third kappa shape index (κ3) is 2.51. The van der Waals surface area contributed by atoms with Crippen LogP contribution in [0.1, 0.15) is 30.4 Å². The van der Waals surface area contributed by atoms with Crippen molar-refractivity contribution >= 4 is 0 Å². The molecule has 22 heavy (non-hydrogen) atoms. The second-order valence-electron chi connectivity index (χ2n) is 6.46. The molecule has 0 unspecified atom stereocenters. The number of ether oxygens (including phenoxy) is 2. The van der Waals surface area contributed by atoms with Crippen molar-refractivity contribution in [1.82, 2.24) is 0 Å². The predicted molar refractivity (Wildman–Crippen MR) is 87.6 cm³/mol. The van der Waals surface area contributed by atoms with Crippen molar-refractivity contribution in [3.8, 4) is 5.75 Å². The first kappa shape index (κ1) is 15.1. The smallest absolute Gasteiger partial charge is 0.220 e. The van der Waals surface area contributed by atoms with Crippen LogP contribution in [0.3, 0.4) is 0 Å². The molecular weight excluding hydrogens is 274 g/mol. The van der Waals surface area contributed by atoms with Gasteiger partial charge in [-0.3, -0.25) is 4.48 Å². The van der Waals surface area contributed by atoms with Crippen molar-refractivity contribution in [1.29, 1.82) is 0 Å². The minimum absolute atomic E-state index is 0.0334. The Kier molecular flexibility index (Phi) is 3.94. The van der Waals surface area contributed by atoms with Crippen LogP contribution in [0, 0.1) is 0 Å². The van der Waals surface area contributed by atoms with E-state index in [0.29, 0.717) is 6.04 Å². The molecule has 1 saturated heterocycles. The molecule has 3 rings (SSSR count). The Labute approximate surface area is 132 Å². The van der Waals surface area contributed by atoms with E-state index < -0.39 is 0 Å². The summed E-state index contributed by atoms with van der Waals surface area (Å²) in [7, 11) is 6.17. The first-order valence-electron chi connectivity index (χ1n) is 7.71. The number of hydrogen-bond donors (Lipinski definition) is 0. The number of benzene rings is 2. The van der Waals surface area contributed by atoms with Crippen molar-refractivity contribution < 1.29 is 14.0 Å². The molecule has 3 nitrogen and oxygen atoms in total. The van der Waals surface area contributed by atoms with Gasteiger partial charge in [-0.15, -0.1) is 0 Å². The quantitative estimate of drug-likeness (QED) is 0.799. The average Bonchev–Trinajstić information content (AvgIpc) is 2.79. The van der Waals surface area contributed by atoms with Gasteiger partial charge < -0.3 is 9.47 Å². The van der Waals surface area contributed by atoms with E-state index in [2.05, 4.69) is 57.4 Å². The fourth-order valence-corrected chi connectivity index (χ4v) is 3.20. The number of methoxy groups -OCH3 is 1. The van der Waals surface area contributed by atoms with Crippen LogP contribution in [0.5, 0.6) is 5.75 Å². The molecule has 0 radical (unpaired) electrons. The van der Waals surface area contributed by atoms with Crippen LogP contribution in [-0.2, 0) is 4.74 Å². The van der Waals surface area contributed by atoms with Gasteiger partial charge in [0, 0.05) is 5.56 Å². The lowest BCUT2D eigenvalue weighted by molar-refractivity contribution is -0.940. The maximum atomic E-state index is 6.47. The summed E-state index contributed by atoms with van der Waals surface area (Å²) < 4.78 is 12.5. The molecule has 0 amide bonds. The van der Waals surface area contributed by atoms with E-state index in [0.717, 1.165) is 10.2 Å². The molecule has 1 aliphatic heterocycles. The van der Waals surface area contributed by atoms with Crippen molar-refractivity contribution in [3.63, 3.8) is 0 Å². The first-order valence-corrected chi connectivity index (χ1v) is 7.71. The highest BCUT2D eigenvalue weighted by atomic mass is 16.5. The van der Waals surface area contributed by atoms with Gasteiger partial charge in [0.15, 0.2) is 0 Å². The normalized spacial score (nSPS) is 26.8. The van der Waals surface area contributed by atoms with E-state index in [1.54, 1.807) is 7.11 Å². The van der Waals surface area contributed by atoms with Crippen LogP contribution in [0.4, 0.5) is 0 Å². The molecule has 116 valence electrons. The molecule has 2 aromatic carbocycles. The summed E-state index contributed by atoms with van der Waals surface area (Å²) in [5.74, 6) is 0.875. The highest BCUT2D eigenvalue weighted by Crippen LogP contribution is 2.45. The Morgan fingerprint density at radius 1 is 0.909 bits per heavy atom. The van der Waals surface area contributed by atoms with Crippen LogP contribution in [0.25, 0.3) is 0 Å². The van der Waals surface area contributed by atoms with Gasteiger partial charge in [0.1, 0.15) is 17.9 Å². The van der Waals surface area contributed by atoms with Crippen LogP contribution in [0.2, 0.25) is 0 Å². The standard InChI is InChI=1S/C19H24NO2/c1-14-18(15-8-6-5-7-9-15)22-19(20(14,2)3)16-10-12-17(21-4)13-11-16/h5-14,18-19H,1-4H3/q+1/t14-,18-,19-/m1/s1. The van der Waals surface area contributed by atoms with Crippen LogP contribution in [-0.4, -0.2) is 31.7 Å². The fraction of sp³-hybridized carbons (Fsp3) is 0.368. The van der Waals surface area contributed by atoms with E-state index in [1.165, 1.54) is 11.1 Å². The van der Waals surface area contributed by atoms with E-state index in [9.17, 15) is 0 Å². The number of hydrogen-bond acceptors (Lipinski definition) is 2. The van der Waals surface area contributed by atoms with Crippen LogP contribution >= 0.6 is 0 Å². The molecule has 1 heterocycles. The van der Waals surface area contributed by atoms with Crippen LogP contribution in [0.15, 0.2) is 54.6 Å². The maximum absolute atomic E-state index is 6.47. The molecule has 1 aliphatic rings. The summed E-state index contributed by atoms with van der Waals surface area (Å²) in [6, 6.07) is 19.1. The Bertz CT molecular complexity index is 622. The Morgan fingerprint density at radius 2 is 1.55 bits per heavy atom. The van der Waals surface area contributed by atoms with Gasteiger partial charge in [0.05, 0.1) is 21.2 Å². The largest absolute Gasteiger partial charge is 0.497 e. The molecule has 3 heteroatoms. The van der Waals surface area contributed by atoms with Gasteiger partial charge in [0.25, 0.3) is 0 Å². The number of quaternary nitrogens is 1. The summed E-state index contributed by atoms with van der Waals surface area (Å²) in [6.45, 7) is 2.27. The zero-order valence-electron chi connectivity index (χ0n) is 13.7. The van der Waals surface area contributed by atoms with Gasteiger partial charge in [0.2, 0.25) is 6.23 Å². The lowest BCUT2D eigenvalue weighted by Crippen LogP contribution is -2.45. The molecule has 0 N–H and O–H groups in total. The summed E-state index contributed by atoms with van der Waals surface area (Å²) in [5, 5.41) is 0. The maximum Gasteiger partial charge on any atom is 0.220 e. The highest BCUT2D eigenvalue weighted by molar-refractivity contribution is 5.28. The third-order valence-electron chi connectivity index (χ3n) is 4.90. The Hall–Kier alpha value is -1.84. The number of nitrogens with zero attached hydrogens (tertiary/aromatic N) is 1. The average molecular weight is 298 g/mol. The van der Waals surface area contributed by atoms with Crippen LogP contribution < -0.4 is 4.74 Å². The van der Waals surface area contributed by atoms with E-state index in [-0.39, 0.29) is 12.3 Å². The number of likely N-dealkylation sites (N-methyl/N-ethyl adjacent to an activating group) is 1. The summed E-state index contributed by atoms with van der Waals surface area (Å²) >= 11 is 0. The number of rotatable bonds is 3. The molecule has 0 spiro atoms. The lowest BCUT2D eigenvalue weighted by Gasteiger charge is -2.34. The Balaban J connectivity index is 1.92. The second-order valence-corrected chi connectivity index (χ2v) is 6.46. The molecule has 3 atom stereocenters. The molecule has 2 aromatic rings. The van der Waals surface area contributed by atoms with Crippen molar-refractivity contribution in [2.75, 3.05) is 21.2 Å². The lowest BCUT2D eigenvalue weighted by atomic mass is 10.0. The van der Waals surface area contributed by atoms with Gasteiger partial charge >= 0.3 is 0 Å². The fourth-order valence-electron chi connectivity index (χ4n) is 3.20. The topological polar surface area (TPSA) is 18.5 Å². The second kappa shape index (κ2) is 5.75. The van der Waals surface area contributed by atoms with Crippen molar-refractivity contribution in [2.24, 2.45) is 0 Å². The summed E-state index contributed by atoms with van der Waals surface area (Å²) in [4.78, 5) is 0. The SMILES string of the molecule is COc1ccc([C@H]2O[C@@H](c3ccccc3)[C@@H](C)[N+]2(C)C)cc1.